The Bertz CT molecular complexity index is 2050. The second-order valence-corrected chi connectivity index (χ2v) is 14.4. The molecule has 1 aliphatic rings. The molecule has 0 aliphatic heterocycles. The van der Waals surface area contributed by atoms with Gasteiger partial charge in [0.05, 0.1) is 30.3 Å². The van der Waals surface area contributed by atoms with Crippen LogP contribution in [0, 0.1) is 17.7 Å². The van der Waals surface area contributed by atoms with E-state index in [0.717, 1.165) is 6.07 Å². The number of alkyl halides is 3. The standard InChI is InChI=1S/C41H48F4N6O5/c1-6-23(3)34(47-33(52)21-25-11-8-9-14-31(25)42)37(53)49-40(20-19-32-29(22-40)28-12-10-13-30(36(28)46-32)41(43,44)45)39(55)48-35(24(4)7-2)38(54)51-50-26-15-17-27(56-5)18-16-26/h8-18,23-24,34-35,46,50H,6-7,19-22H2,1-5H3,(H,47,52)(H,48,55)(H,49,53)(H,51,54)/t23?,24?,34-,35-,40+/m0/s1. The molecule has 0 fully saturated rings. The third-order valence-corrected chi connectivity index (χ3v) is 10.7. The van der Waals surface area contributed by atoms with Gasteiger partial charge in [-0.25, -0.2) is 4.39 Å². The number of H-pyrrole nitrogens is 1. The number of para-hydroxylation sites is 1. The molecule has 4 amide bonds. The van der Waals surface area contributed by atoms with Crippen LogP contribution in [-0.4, -0.2) is 53.3 Å². The highest BCUT2D eigenvalue weighted by molar-refractivity contribution is 5.99. The Kier molecular flexibility index (Phi) is 13.0. The minimum Gasteiger partial charge on any atom is -0.497 e. The molecule has 56 heavy (non-hydrogen) atoms. The maximum absolute atomic E-state index is 14.7. The summed E-state index contributed by atoms with van der Waals surface area (Å²) in [5.41, 5.74) is 4.31. The van der Waals surface area contributed by atoms with Gasteiger partial charge in [0.1, 0.15) is 29.2 Å². The smallest absolute Gasteiger partial charge is 0.418 e. The van der Waals surface area contributed by atoms with Crippen LogP contribution in [-0.2, 0) is 44.6 Å². The number of carbonyl (C=O) groups excluding carboxylic acids is 4. The number of carbonyl (C=O) groups is 4. The van der Waals surface area contributed by atoms with Gasteiger partial charge in [0.15, 0.2) is 0 Å². The molecular formula is C41H48F4N6O5. The Hall–Kier alpha value is -5.60. The second kappa shape index (κ2) is 17.5. The molecule has 6 N–H and O–H groups in total. The number of ether oxygens (including phenoxy) is 1. The summed E-state index contributed by atoms with van der Waals surface area (Å²) in [6.07, 6.45) is -4.23. The van der Waals surface area contributed by atoms with Gasteiger partial charge in [-0.1, -0.05) is 70.9 Å². The molecule has 1 heterocycles. The number of nitrogens with one attached hydrogen (secondary N) is 6. The van der Waals surface area contributed by atoms with Crippen molar-refractivity contribution in [1.82, 2.24) is 26.4 Å². The minimum absolute atomic E-state index is 0.0406. The van der Waals surface area contributed by atoms with Gasteiger partial charge in [-0.3, -0.25) is 30.0 Å². The zero-order valence-corrected chi connectivity index (χ0v) is 32.0. The van der Waals surface area contributed by atoms with Gasteiger partial charge in [0.25, 0.3) is 5.91 Å². The highest BCUT2D eigenvalue weighted by Gasteiger charge is 2.47. The number of aromatic amines is 1. The molecule has 0 bridgehead atoms. The number of rotatable bonds is 15. The molecule has 2 unspecified atom stereocenters. The first kappa shape index (κ1) is 41.6. The van der Waals surface area contributed by atoms with Crippen LogP contribution in [0.4, 0.5) is 23.2 Å². The number of anilines is 1. The van der Waals surface area contributed by atoms with Crippen LogP contribution in [0.25, 0.3) is 10.9 Å². The molecule has 0 spiro atoms. The fourth-order valence-electron chi connectivity index (χ4n) is 6.99. The van der Waals surface area contributed by atoms with Gasteiger partial charge in [-0.15, -0.1) is 0 Å². The van der Waals surface area contributed by atoms with E-state index in [1.54, 1.807) is 44.2 Å². The third kappa shape index (κ3) is 9.25. The summed E-state index contributed by atoms with van der Waals surface area (Å²) in [5, 5.41) is 8.73. The van der Waals surface area contributed by atoms with Crippen LogP contribution >= 0.6 is 0 Å². The molecule has 4 aromatic rings. The molecular weight excluding hydrogens is 732 g/mol. The molecule has 0 saturated heterocycles. The van der Waals surface area contributed by atoms with Crippen LogP contribution < -0.4 is 31.5 Å². The van der Waals surface area contributed by atoms with Crippen molar-refractivity contribution in [3.8, 4) is 5.75 Å². The van der Waals surface area contributed by atoms with Crippen molar-refractivity contribution in [2.75, 3.05) is 12.5 Å². The van der Waals surface area contributed by atoms with E-state index >= 15 is 0 Å². The van der Waals surface area contributed by atoms with E-state index in [-0.39, 0.29) is 42.1 Å². The van der Waals surface area contributed by atoms with Crippen molar-refractivity contribution in [3.05, 3.63) is 94.9 Å². The predicted octanol–water partition coefficient (Wildman–Crippen LogP) is 6.13. The van der Waals surface area contributed by atoms with Crippen LogP contribution in [0.3, 0.4) is 0 Å². The molecule has 3 aromatic carbocycles. The molecule has 0 saturated carbocycles. The Labute approximate surface area is 322 Å². The summed E-state index contributed by atoms with van der Waals surface area (Å²) >= 11 is 0. The van der Waals surface area contributed by atoms with Gasteiger partial charge in [0.2, 0.25) is 17.7 Å². The quantitative estimate of drug-likeness (QED) is 0.0631. The maximum atomic E-state index is 14.7. The maximum Gasteiger partial charge on any atom is 0.418 e. The Balaban J connectivity index is 1.48. The van der Waals surface area contributed by atoms with E-state index in [9.17, 15) is 36.7 Å². The van der Waals surface area contributed by atoms with E-state index in [2.05, 4.69) is 31.8 Å². The molecule has 15 heteroatoms. The van der Waals surface area contributed by atoms with Crippen LogP contribution in [0.1, 0.15) is 69.3 Å². The Morgan fingerprint density at radius 3 is 2.16 bits per heavy atom. The fraction of sp³-hybridized carbons (Fsp3) is 0.415. The van der Waals surface area contributed by atoms with E-state index in [0.29, 0.717) is 35.5 Å². The number of hydrazine groups is 1. The van der Waals surface area contributed by atoms with Crippen molar-refractivity contribution in [2.24, 2.45) is 11.8 Å². The predicted molar refractivity (Wildman–Crippen MR) is 204 cm³/mol. The third-order valence-electron chi connectivity index (χ3n) is 10.7. The van der Waals surface area contributed by atoms with Crippen LogP contribution in [0.15, 0.2) is 66.7 Å². The summed E-state index contributed by atoms with van der Waals surface area (Å²) in [5.74, 6) is -3.41. The number of hydrogen-bond donors (Lipinski definition) is 6. The number of aromatic nitrogens is 1. The van der Waals surface area contributed by atoms with Gasteiger partial charge < -0.3 is 25.7 Å². The van der Waals surface area contributed by atoms with E-state index < -0.39 is 70.6 Å². The van der Waals surface area contributed by atoms with E-state index in [4.69, 9.17) is 4.74 Å². The molecule has 300 valence electrons. The van der Waals surface area contributed by atoms with Crippen molar-refractivity contribution in [3.63, 3.8) is 0 Å². The fourth-order valence-corrected chi connectivity index (χ4v) is 6.99. The lowest BCUT2D eigenvalue weighted by Crippen LogP contribution is -2.67. The number of halogens is 4. The zero-order valence-electron chi connectivity index (χ0n) is 32.0. The lowest BCUT2D eigenvalue weighted by atomic mass is 9.78. The SMILES string of the molecule is CCC(C)[C@H](NC(=O)Cc1ccccc1F)C(=O)N[C@]1(C(=O)N[C@H](C(=O)NNc2ccc(OC)cc2)C(C)CC)CCc2[nH]c3c(C(F)(F)F)cccc3c2C1. The van der Waals surface area contributed by atoms with Gasteiger partial charge in [-0.2, -0.15) is 13.2 Å². The molecule has 11 nitrogen and oxygen atoms in total. The number of benzene rings is 3. The molecule has 1 aromatic heterocycles. The average molecular weight is 781 g/mol. The van der Waals surface area contributed by atoms with Gasteiger partial charge in [-0.05, 0) is 72.2 Å². The average Bonchev–Trinajstić information content (AvgIpc) is 3.55. The second-order valence-electron chi connectivity index (χ2n) is 14.4. The summed E-state index contributed by atoms with van der Waals surface area (Å²) in [4.78, 5) is 58.9. The van der Waals surface area contributed by atoms with Crippen molar-refractivity contribution < 1.29 is 41.5 Å². The first-order valence-electron chi connectivity index (χ1n) is 18.7. The molecule has 1 aliphatic carbocycles. The molecule has 0 radical (unpaired) electrons. The highest BCUT2D eigenvalue weighted by atomic mass is 19.4. The van der Waals surface area contributed by atoms with E-state index in [1.165, 1.54) is 37.4 Å². The summed E-state index contributed by atoms with van der Waals surface area (Å²) in [6, 6.07) is 14.1. The van der Waals surface area contributed by atoms with Crippen molar-refractivity contribution in [2.45, 2.75) is 90.0 Å². The summed E-state index contributed by atoms with van der Waals surface area (Å²) in [7, 11) is 1.53. The summed E-state index contributed by atoms with van der Waals surface area (Å²) < 4.78 is 61.9. The number of amides is 4. The lowest BCUT2D eigenvalue weighted by Gasteiger charge is -2.39. The highest BCUT2D eigenvalue weighted by Crippen LogP contribution is 2.40. The van der Waals surface area contributed by atoms with Crippen LogP contribution in [0.2, 0.25) is 0 Å². The van der Waals surface area contributed by atoms with Crippen molar-refractivity contribution >= 4 is 40.2 Å². The topological polar surface area (TPSA) is 153 Å². The zero-order chi connectivity index (χ0) is 40.8. The minimum atomic E-state index is -4.66. The Morgan fingerprint density at radius 1 is 0.875 bits per heavy atom. The monoisotopic (exact) mass is 780 g/mol. The summed E-state index contributed by atoms with van der Waals surface area (Å²) in [6.45, 7) is 7.20. The number of methoxy groups -OCH3 is 1. The van der Waals surface area contributed by atoms with Crippen LogP contribution in [0.5, 0.6) is 5.75 Å². The normalized spacial score (nSPS) is 17.4. The van der Waals surface area contributed by atoms with E-state index in [1.807, 2.05) is 13.8 Å². The lowest BCUT2D eigenvalue weighted by molar-refractivity contribution is -0.139. The number of fused-ring (bicyclic) bond motifs is 3. The van der Waals surface area contributed by atoms with Crippen molar-refractivity contribution in [1.29, 1.82) is 0 Å². The van der Waals surface area contributed by atoms with Gasteiger partial charge >= 0.3 is 6.18 Å². The first-order valence-corrected chi connectivity index (χ1v) is 18.7. The first-order chi connectivity index (χ1) is 26.6. The number of hydrogen-bond acceptors (Lipinski definition) is 6. The molecule has 5 atom stereocenters. The van der Waals surface area contributed by atoms with Gasteiger partial charge in [0, 0.05) is 17.5 Å². The number of aryl methyl sites for hydroxylation is 1. The Morgan fingerprint density at radius 2 is 1.54 bits per heavy atom. The largest absolute Gasteiger partial charge is 0.497 e. The molecule has 5 rings (SSSR count).